The molecule has 1 saturated heterocycles. The van der Waals surface area contributed by atoms with Gasteiger partial charge in [-0.3, -0.25) is 4.90 Å². The molecule has 1 heterocycles. The largest absolute Gasteiger partial charge is 0.368 e. The van der Waals surface area contributed by atoms with Crippen molar-refractivity contribution in [2.45, 2.75) is 19.4 Å². The van der Waals surface area contributed by atoms with Gasteiger partial charge in [-0.05, 0) is 48.0 Å². The number of hydrogen-bond donors (Lipinski definition) is 0. The Morgan fingerprint density at radius 2 is 1.80 bits per heavy atom. The van der Waals surface area contributed by atoms with Crippen LogP contribution in [0.4, 0.5) is 5.69 Å². The molecule has 4 nitrogen and oxygen atoms in total. The fraction of sp³-hybridized carbons (Fsp3) is 0.467. The quantitative estimate of drug-likeness (QED) is 0.835. The molecule has 0 aromatic heterocycles. The summed E-state index contributed by atoms with van der Waals surface area (Å²) in [4.78, 5) is 4.50. The van der Waals surface area contributed by atoms with Crippen molar-refractivity contribution in [3.63, 3.8) is 0 Å². The Balaban J connectivity index is 2.09. The first-order valence-electron chi connectivity index (χ1n) is 6.59. The summed E-state index contributed by atoms with van der Waals surface area (Å²) in [5.41, 5.74) is 1.36. The van der Waals surface area contributed by atoms with E-state index in [-0.39, 0.29) is 0 Å². The van der Waals surface area contributed by atoms with Crippen LogP contribution in [0.1, 0.15) is 19.4 Å². The van der Waals surface area contributed by atoms with E-state index in [0.29, 0.717) is 5.56 Å². The summed E-state index contributed by atoms with van der Waals surface area (Å²) in [5.74, 6) is 0. The van der Waals surface area contributed by atoms with Crippen LogP contribution >= 0.6 is 15.9 Å². The number of nitriles is 2. The highest BCUT2D eigenvalue weighted by molar-refractivity contribution is 9.10. The van der Waals surface area contributed by atoms with Crippen molar-refractivity contribution in [1.29, 1.82) is 10.5 Å². The van der Waals surface area contributed by atoms with Gasteiger partial charge in [0.25, 0.3) is 0 Å². The maximum Gasteiger partial charge on any atom is 0.103 e. The molecule has 2 rings (SSSR count). The third-order valence-corrected chi connectivity index (χ3v) is 4.40. The number of nitrogens with zero attached hydrogens (tertiary/aromatic N) is 4. The van der Waals surface area contributed by atoms with Gasteiger partial charge in [0.15, 0.2) is 0 Å². The van der Waals surface area contributed by atoms with E-state index >= 15 is 0 Å². The zero-order chi connectivity index (χ0) is 14.8. The first-order chi connectivity index (χ1) is 9.47. The first-order valence-corrected chi connectivity index (χ1v) is 7.38. The maximum atomic E-state index is 9.19. The average Bonchev–Trinajstić information content (AvgIpc) is 2.47. The Hall–Kier alpha value is -1.56. The Bertz CT molecular complexity index is 575. The third-order valence-electron chi connectivity index (χ3n) is 3.76. The van der Waals surface area contributed by atoms with Gasteiger partial charge in [0, 0.05) is 30.7 Å². The molecule has 20 heavy (non-hydrogen) atoms. The first kappa shape index (κ1) is 14.8. The molecule has 5 heteroatoms. The number of halogens is 1. The number of anilines is 1. The van der Waals surface area contributed by atoms with Crippen molar-refractivity contribution in [1.82, 2.24) is 4.90 Å². The standard InChI is InChI=1S/C15H17BrN4/c1-15(2,11-18)20-7-5-19(6-8-20)14-4-3-12(10-17)9-13(14)16/h3-4,9H,5-8H2,1-2H3. The molecule has 1 aromatic carbocycles. The molecule has 0 aliphatic carbocycles. The van der Waals surface area contributed by atoms with Crippen molar-refractivity contribution in [3.05, 3.63) is 28.2 Å². The minimum Gasteiger partial charge on any atom is -0.368 e. The van der Waals surface area contributed by atoms with Gasteiger partial charge >= 0.3 is 0 Å². The van der Waals surface area contributed by atoms with Gasteiger partial charge in [0.1, 0.15) is 5.54 Å². The highest BCUT2D eigenvalue weighted by Gasteiger charge is 2.30. The summed E-state index contributed by atoms with van der Waals surface area (Å²) in [6.45, 7) is 7.42. The molecule has 1 aliphatic heterocycles. The number of hydrogen-bond acceptors (Lipinski definition) is 4. The lowest BCUT2D eigenvalue weighted by Crippen LogP contribution is -2.54. The van der Waals surface area contributed by atoms with Crippen LogP contribution in [0.2, 0.25) is 0 Å². The van der Waals surface area contributed by atoms with Crippen LogP contribution in [0.25, 0.3) is 0 Å². The lowest BCUT2D eigenvalue weighted by molar-refractivity contribution is 0.158. The van der Waals surface area contributed by atoms with Crippen molar-refractivity contribution in [2.24, 2.45) is 0 Å². The summed E-state index contributed by atoms with van der Waals surface area (Å²) in [7, 11) is 0. The molecule has 104 valence electrons. The summed E-state index contributed by atoms with van der Waals surface area (Å²) in [6, 6.07) is 10.2. The van der Waals surface area contributed by atoms with Gasteiger partial charge in [-0.15, -0.1) is 0 Å². The highest BCUT2D eigenvalue weighted by Crippen LogP contribution is 2.29. The Morgan fingerprint density at radius 3 is 2.30 bits per heavy atom. The number of rotatable bonds is 2. The van der Waals surface area contributed by atoms with Gasteiger partial charge in [0.2, 0.25) is 0 Å². The highest BCUT2D eigenvalue weighted by atomic mass is 79.9. The molecular formula is C15H17BrN4. The van der Waals surface area contributed by atoms with E-state index in [9.17, 15) is 5.26 Å². The van der Waals surface area contributed by atoms with E-state index in [1.54, 1.807) is 0 Å². The van der Waals surface area contributed by atoms with E-state index in [1.807, 2.05) is 32.0 Å². The van der Waals surface area contributed by atoms with Crippen LogP contribution in [0.5, 0.6) is 0 Å². The topological polar surface area (TPSA) is 54.1 Å². The van der Waals surface area contributed by atoms with Crippen molar-refractivity contribution < 1.29 is 0 Å². The third kappa shape index (κ3) is 2.95. The fourth-order valence-electron chi connectivity index (χ4n) is 2.41. The second-order valence-electron chi connectivity index (χ2n) is 5.42. The second kappa shape index (κ2) is 5.83. The molecule has 0 spiro atoms. The maximum absolute atomic E-state index is 9.19. The number of benzene rings is 1. The van der Waals surface area contributed by atoms with Gasteiger partial charge in [0.05, 0.1) is 23.4 Å². The molecular weight excluding hydrogens is 316 g/mol. The predicted molar refractivity (Wildman–Crippen MR) is 82.3 cm³/mol. The van der Waals surface area contributed by atoms with Gasteiger partial charge in [-0.2, -0.15) is 10.5 Å². The zero-order valence-electron chi connectivity index (χ0n) is 11.7. The van der Waals surface area contributed by atoms with E-state index in [2.05, 4.69) is 37.9 Å². The molecule has 0 unspecified atom stereocenters. The molecule has 1 aromatic rings. The molecule has 0 saturated carbocycles. The summed E-state index contributed by atoms with van der Waals surface area (Å²) >= 11 is 3.53. The second-order valence-corrected chi connectivity index (χ2v) is 6.28. The van der Waals surface area contributed by atoms with Crippen LogP contribution in [-0.2, 0) is 0 Å². The van der Waals surface area contributed by atoms with Gasteiger partial charge in [-0.1, -0.05) is 0 Å². The van der Waals surface area contributed by atoms with Crippen LogP contribution in [-0.4, -0.2) is 36.6 Å². The molecule has 0 N–H and O–H groups in total. The molecule has 1 fully saturated rings. The van der Waals surface area contributed by atoms with Crippen LogP contribution in [0.3, 0.4) is 0 Å². The summed E-state index contributed by atoms with van der Waals surface area (Å²) < 4.78 is 0.949. The van der Waals surface area contributed by atoms with Crippen molar-refractivity contribution in [3.8, 4) is 12.1 Å². The summed E-state index contributed by atoms with van der Waals surface area (Å²) in [6.07, 6.45) is 0. The van der Waals surface area contributed by atoms with E-state index < -0.39 is 5.54 Å². The lowest BCUT2D eigenvalue weighted by Gasteiger charge is -2.41. The Labute approximate surface area is 128 Å². The fourth-order valence-corrected chi connectivity index (χ4v) is 3.04. The predicted octanol–water partition coefficient (Wildman–Crippen LogP) is 2.74. The zero-order valence-corrected chi connectivity index (χ0v) is 13.3. The van der Waals surface area contributed by atoms with Crippen LogP contribution < -0.4 is 4.90 Å². The Kier molecular flexibility index (Phi) is 4.32. The SMILES string of the molecule is CC(C)(C#N)N1CCN(c2ccc(C#N)cc2Br)CC1. The molecule has 0 bridgehead atoms. The van der Waals surface area contributed by atoms with E-state index in [0.717, 1.165) is 36.3 Å². The summed E-state index contributed by atoms with van der Waals surface area (Å²) in [5, 5.41) is 18.1. The minimum absolute atomic E-state index is 0.409. The van der Waals surface area contributed by atoms with Crippen molar-refractivity contribution >= 4 is 21.6 Å². The monoisotopic (exact) mass is 332 g/mol. The van der Waals surface area contributed by atoms with E-state index in [4.69, 9.17) is 5.26 Å². The molecule has 0 radical (unpaired) electrons. The average molecular weight is 333 g/mol. The minimum atomic E-state index is -0.409. The Morgan fingerprint density at radius 1 is 1.15 bits per heavy atom. The lowest BCUT2D eigenvalue weighted by atomic mass is 10.0. The van der Waals surface area contributed by atoms with Gasteiger partial charge < -0.3 is 4.90 Å². The normalized spacial score (nSPS) is 16.6. The van der Waals surface area contributed by atoms with Crippen LogP contribution in [0.15, 0.2) is 22.7 Å². The van der Waals surface area contributed by atoms with Gasteiger partial charge in [-0.25, -0.2) is 0 Å². The van der Waals surface area contributed by atoms with Crippen LogP contribution in [0, 0.1) is 22.7 Å². The molecule has 0 atom stereocenters. The van der Waals surface area contributed by atoms with Crippen molar-refractivity contribution in [2.75, 3.05) is 31.1 Å². The van der Waals surface area contributed by atoms with E-state index in [1.165, 1.54) is 0 Å². The smallest absolute Gasteiger partial charge is 0.103 e. The molecule has 0 amide bonds. The number of piperazine rings is 1. The molecule has 1 aliphatic rings.